The molecule has 2 nitrogen and oxygen atoms in total. The van der Waals surface area contributed by atoms with E-state index in [2.05, 4.69) is 96.0 Å². The molecule has 0 radical (unpaired) electrons. The average Bonchev–Trinajstić information content (AvgIpc) is 3.22. The number of halogens is 2. The van der Waals surface area contributed by atoms with Crippen LogP contribution in [0.2, 0.25) is 0 Å². The van der Waals surface area contributed by atoms with Crippen molar-refractivity contribution in [1.82, 2.24) is 0 Å². The third-order valence-corrected chi connectivity index (χ3v) is 14.2. The Morgan fingerprint density at radius 2 is 0.586 bits per heavy atom. The van der Waals surface area contributed by atoms with Crippen molar-refractivity contribution >= 4 is 53.4 Å². The Balaban J connectivity index is 1.27. The maximum atomic E-state index is 6.46. The normalized spacial score (nSPS) is 12.8. The van der Waals surface area contributed by atoms with Gasteiger partial charge in [0.05, 0.1) is 12.2 Å². The van der Waals surface area contributed by atoms with Crippen molar-refractivity contribution in [2.45, 2.75) is 258 Å². The summed E-state index contributed by atoms with van der Waals surface area (Å²) < 4.78 is 15.1. The number of benzene rings is 3. The van der Waals surface area contributed by atoms with Gasteiger partial charge < -0.3 is 9.47 Å². The molecule has 58 heavy (non-hydrogen) atoms. The maximum Gasteiger partial charge on any atom is 0.120 e. The molecule has 0 spiro atoms. The summed E-state index contributed by atoms with van der Waals surface area (Å²) in [7, 11) is 0. The molecule has 3 rings (SSSR count). The maximum absolute atomic E-state index is 6.46. The van der Waals surface area contributed by atoms with Gasteiger partial charge in [0.15, 0.2) is 0 Å². The number of fused-ring (bicyclic) bond motifs is 2. The third kappa shape index (κ3) is 22.0. The van der Waals surface area contributed by atoms with Crippen LogP contribution in [-0.4, -0.2) is 12.2 Å². The SMILES string of the molecule is CCCCCCCCCCCCCCCCCCC(C)Oc1ccc2c(Br)c3cc(OC(C)CCCCCCCCCCCCCCCCCC)ccc3c(Br)c2c1. The highest BCUT2D eigenvalue weighted by Gasteiger charge is 2.15. The number of unbranched alkanes of at least 4 members (excludes halogenated alkanes) is 30. The molecule has 3 aromatic rings. The van der Waals surface area contributed by atoms with Crippen LogP contribution in [0.15, 0.2) is 45.3 Å². The first-order chi connectivity index (χ1) is 28.4. The fraction of sp³-hybridized carbons (Fsp3) is 0.741. The second-order valence-corrected chi connectivity index (χ2v) is 19.7. The Morgan fingerprint density at radius 3 is 0.845 bits per heavy atom. The second kappa shape index (κ2) is 33.4. The van der Waals surface area contributed by atoms with Crippen molar-refractivity contribution in [3.8, 4) is 11.5 Å². The molecule has 0 N–H and O–H groups in total. The molecule has 0 fully saturated rings. The fourth-order valence-corrected chi connectivity index (χ4v) is 10.1. The molecule has 0 saturated heterocycles. The molecule has 0 saturated carbocycles. The van der Waals surface area contributed by atoms with Crippen molar-refractivity contribution in [2.75, 3.05) is 0 Å². The van der Waals surface area contributed by atoms with Crippen molar-refractivity contribution in [2.24, 2.45) is 0 Å². The van der Waals surface area contributed by atoms with Crippen LogP contribution in [0.1, 0.15) is 246 Å². The Morgan fingerprint density at radius 1 is 0.345 bits per heavy atom. The van der Waals surface area contributed by atoms with Gasteiger partial charge in [-0.1, -0.05) is 206 Å². The molecule has 2 unspecified atom stereocenters. The van der Waals surface area contributed by atoms with Gasteiger partial charge in [-0.25, -0.2) is 0 Å². The van der Waals surface area contributed by atoms with E-state index in [0.717, 1.165) is 33.3 Å². The van der Waals surface area contributed by atoms with E-state index in [-0.39, 0.29) is 12.2 Å². The average molecular weight is 929 g/mol. The van der Waals surface area contributed by atoms with Gasteiger partial charge in [-0.2, -0.15) is 0 Å². The number of rotatable bonds is 38. The molecule has 0 amide bonds. The first kappa shape index (κ1) is 51.1. The van der Waals surface area contributed by atoms with Gasteiger partial charge >= 0.3 is 0 Å². The predicted octanol–water partition coefficient (Wildman–Crippen LogP) is 20.4. The van der Waals surface area contributed by atoms with Gasteiger partial charge in [-0.3, -0.25) is 0 Å². The van der Waals surface area contributed by atoms with Crippen molar-refractivity contribution in [3.05, 3.63) is 45.3 Å². The summed E-state index contributed by atoms with van der Waals surface area (Å²) in [4.78, 5) is 0. The van der Waals surface area contributed by atoms with E-state index in [9.17, 15) is 0 Å². The van der Waals surface area contributed by atoms with E-state index in [1.165, 1.54) is 227 Å². The summed E-state index contributed by atoms with van der Waals surface area (Å²) in [5, 5.41) is 4.74. The van der Waals surface area contributed by atoms with Crippen molar-refractivity contribution < 1.29 is 9.47 Å². The first-order valence-electron chi connectivity index (χ1n) is 25.1. The van der Waals surface area contributed by atoms with Gasteiger partial charge in [-0.05, 0) is 119 Å². The minimum atomic E-state index is 0.215. The smallest absolute Gasteiger partial charge is 0.120 e. The highest BCUT2D eigenvalue weighted by molar-refractivity contribution is 9.11. The Kier molecular flexibility index (Phi) is 29.4. The topological polar surface area (TPSA) is 18.5 Å². The lowest BCUT2D eigenvalue weighted by atomic mass is 10.0. The molecule has 0 aromatic heterocycles. The van der Waals surface area contributed by atoms with E-state index in [4.69, 9.17) is 9.47 Å². The standard InChI is InChI=1S/C54H88Br2O2/c1-5-7-9-11-13-15-17-19-21-23-25-27-29-31-33-35-37-45(3)57-47-39-41-49-51(43-47)53(55)50-42-40-48(44-52(50)54(49)56)58-46(4)38-36-34-32-30-28-26-24-22-20-18-16-14-12-10-8-6-2/h39-46H,5-38H2,1-4H3. The third-order valence-electron chi connectivity index (χ3n) is 12.5. The molecule has 0 aliphatic carbocycles. The lowest BCUT2D eigenvalue weighted by Gasteiger charge is -2.18. The molecule has 0 aliphatic rings. The molecule has 2 atom stereocenters. The highest BCUT2D eigenvalue weighted by atomic mass is 79.9. The largest absolute Gasteiger partial charge is 0.491 e. The van der Waals surface area contributed by atoms with Gasteiger partial charge in [0.2, 0.25) is 0 Å². The van der Waals surface area contributed by atoms with Gasteiger partial charge in [-0.15, -0.1) is 0 Å². The molecule has 0 aliphatic heterocycles. The van der Waals surface area contributed by atoms with Gasteiger partial charge in [0, 0.05) is 19.7 Å². The second-order valence-electron chi connectivity index (χ2n) is 18.1. The number of hydrogen-bond donors (Lipinski definition) is 0. The zero-order chi connectivity index (χ0) is 41.5. The van der Waals surface area contributed by atoms with Crippen LogP contribution in [0.3, 0.4) is 0 Å². The van der Waals surface area contributed by atoms with E-state index in [0.29, 0.717) is 0 Å². The summed E-state index contributed by atoms with van der Waals surface area (Å²) >= 11 is 7.94. The molecule has 3 aromatic carbocycles. The van der Waals surface area contributed by atoms with Gasteiger partial charge in [0.25, 0.3) is 0 Å². The summed E-state index contributed by atoms with van der Waals surface area (Å²) in [6, 6.07) is 13.1. The van der Waals surface area contributed by atoms with E-state index in [1.807, 2.05) is 0 Å². The van der Waals surface area contributed by atoms with E-state index < -0.39 is 0 Å². The predicted molar refractivity (Wildman–Crippen MR) is 265 cm³/mol. The Hall–Kier alpha value is -1.26. The molecule has 330 valence electrons. The van der Waals surface area contributed by atoms with Crippen LogP contribution in [0.4, 0.5) is 0 Å². The van der Waals surface area contributed by atoms with Crippen LogP contribution < -0.4 is 9.47 Å². The molecule has 0 bridgehead atoms. The van der Waals surface area contributed by atoms with E-state index >= 15 is 0 Å². The van der Waals surface area contributed by atoms with Crippen LogP contribution in [0.5, 0.6) is 11.5 Å². The summed E-state index contributed by atoms with van der Waals surface area (Å²) in [5.74, 6) is 1.90. The molecule has 4 heteroatoms. The minimum absolute atomic E-state index is 0.215. The van der Waals surface area contributed by atoms with Gasteiger partial charge in [0.1, 0.15) is 11.5 Å². The molecular weight excluding hydrogens is 840 g/mol. The number of ether oxygens (including phenoxy) is 2. The van der Waals surface area contributed by atoms with Crippen molar-refractivity contribution in [1.29, 1.82) is 0 Å². The van der Waals surface area contributed by atoms with Crippen LogP contribution >= 0.6 is 31.9 Å². The zero-order valence-corrected chi connectivity index (χ0v) is 41.4. The van der Waals surface area contributed by atoms with Crippen LogP contribution in [-0.2, 0) is 0 Å². The Labute approximate surface area is 375 Å². The lowest BCUT2D eigenvalue weighted by Crippen LogP contribution is -2.11. The van der Waals surface area contributed by atoms with Crippen LogP contribution in [0, 0.1) is 0 Å². The highest BCUT2D eigenvalue weighted by Crippen LogP contribution is 2.42. The fourth-order valence-electron chi connectivity index (χ4n) is 8.77. The minimum Gasteiger partial charge on any atom is -0.491 e. The lowest BCUT2D eigenvalue weighted by molar-refractivity contribution is 0.206. The first-order valence-corrected chi connectivity index (χ1v) is 26.7. The molecular formula is C54H88Br2O2. The monoisotopic (exact) mass is 927 g/mol. The molecule has 0 heterocycles. The summed E-state index contributed by atoms with van der Waals surface area (Å²) in [5.41, 5.74) is 0. The van der Waals surface area contributed by atoms with Crippen LogP contribution in [0.25, 0.3) is 21.5 Å². The van der Waals surface area contributed by atoms with E-state index in [1.54, 1.807) is 0 Å². The number of hydrogen-bond acceptors (Lipinski definition) is 2. The quantitative estimate of drug-likeness (QED) is 0.0421. The zero-order valence-electron chi connectivity index (χ0n) is 38.2. The summed E-state index contributed by atoms with van der Waals surface area (Å²) in [6.07, 6.45) is 47.6. The Bertz CT molecular complexity index is 1340. The van der Waals surface area contributed by atoms with Crippen molar-refractivity contribution in [3.63, 3.8) is 0 Å². The summed E-state index contributed by atoms with van der Waals surface area (Å²) in [6.45, 7) is 9.05.